The van der Waals surface area contributed by atoms with E-state index in [2.05, 4.69) is 23.3 Å². The van der Waals surface area contributed by atoms with Crippen molar-refractivity contribution in [2.45, 2.75) is 35.4 Å². The summed E-state index contributed by atoms with van der Waals surface area (Å²) in [6.07, 6.45) is 6.83. The van der Waals surface area contributed by atoms with Gasteiger partial charge in [0.05, 0.1) is 11.3 Å². The van der Waals surface area contributed by atoms with Gasteiger partial charge in [0, 0.05) is 30.4 Å². The molecule has 4 nitrogen and oxygen atoms in total. The molecule has 114 valence electrons. The Balaban J connectivity index is 1.45. The van der Waals surface area contributed by atoms with Gasteiger partial charge in [-0.25, -0.2) is 0 Å². The second-order valence-electron chi connectivity index (χ2n) is 5.98. The quantitative estimate of drug-likeness (QED) is 0.855. The molecule has 2 aliphatic heterocycles. The summed E-state index contributed by atoms with van der Waals surface area (Å²) in [6, 6.07) is 10.6. The maximum atomic E-state index is 12.9. The topological polar surface area (TPSA) is 38.1 Å². The highest BCUT2D eigenvalue weighted by Crippen LogP contribution is 2.38. The van der Waals surface area contributed by atoms with Gasteiger partial charge in [0.1, 0.15) is 0 Å². The van der Waals surface area contributed by atoms with E-state index in [4.69, 9.17) is 0 Å². The lowest BCUT2D eigenvalue weighted by molar-refractivity contribution is -0.132. The van der Waals surface area contributed by atoms with Gasteiger partial charge in [-0.2, -0.15) is 5.10 Å². The molecule has 2 atom stereocenters. The van der Waals surface area contributed by atoms with Crippen LogP contribution in [0.2, 0.25) is 0 Å². The summed E-state index contributed by atoms with van der Waals surface area (Å²) in [5.74, 6) is 0.290. The predicted molar refractivity (Wildman–Crippen MR) is 86.9 cm³/mol. The molecule has 0 unspecified atom stereocenters. The second-order valence-corrected chi connectivity index (χ2v) is 7.23. The van der Waals surface area contributed by atoms with Crippen LogP contribution in [-0.2, 0) is 11.2 Å². The third-order valence-corrected chi connectivity index (χ3v) is 5.83. The molecule has 2 aromatic rings. The molecule has 1 amide bonds. The van der Waals surface area contributed by atoms with Gasteiger partial charge in [0.25, 0.3) is 0 Å². The average molecular weight is 313 g/mol. The lowest BCUT2D eigenvalue weighted by Gasteiger charge is -2.34. The molecule has 0 saturated carbocycles. The van der Waals surface area contributed by atoms with Gasteiger partial charge in [0.2, 0.25) is 5.91 Å². The molecule has 1 saturated heterocycles. The van der Waals surface area contributed by atoms with Crippen LogP contribution in [0.4, 0.5) is 0 Å². The molecule has 5 heteroatoms. The lowest BCUT2D eigenvalue weighted by Crippen LogP contribution is -2.44. The van der Waals surface area contributed by atoms with Crippen LogP contribution in [-0.4, -0.2) is 38.9 Å². The van der Waals surface area contributed by atoms with Crippen LogP contribution in [0.3, 0.4) is 0 Å². The summed E-state index contributed by atoms with van der Waals surface area (Å²) in [4.78, 5) is 16.2. The minimum Gasteiger partial charge on any atom is -0.340 e. The first-order valence-corrected chi connectivity index (χ1v) is 8.72. The van der Waals surface area contributed by atoms with E-state index in [-0.39, 0.29) is 11.2 Å². The lowest BCUT2D eigenvalue weighted by atomic mass is 10.0. The van der Waals surface area contributed by atoms with E-state index in [0.717, 1.165) is 32.4 Å². The van der Waals surface area contributed by atoms with Gasteiger partial charge in [0.15, 0.2) is 0 Å². The van der Waals surface area contributed by atoms with Crippen molar-refractivity contribution >= 4 is 17.7 Å². The van der Waals surface area contributed by atoms with E-state index in [9.17, 15) is 4.79 Å². The minimum atomic E-state index is 0.0498. The number of rotatable bonds is 2. The molecule has 0 bridgehead atoms. The van der Waals surface area contributed by atoms with Crippen LogP contribution < -0.4 is 0 Å². The fourth-order valence-corrected chi connectivity index (χ4v) is 4.67. The highest BCUT2D eigenvalue weighted by Gasteiger charge is 2.33. The van der Waals surface area contributed by atoms with E-state index in [0.29, 0.717) is 6.04 Å². The number of thioether (sulfide) groups is 1. The van der Waals surface area contributed by atoms with Gasteiger partial charge in [-0.15, -0.1) is 11.8 Å². The Labute approximate surface area is 134 Å². The smallest absolute Gasteiger partial charge is 0.236 e. The van der Waals surface area contributed by atoms with Crippen molar-refractivity contribution in [1.29, 1.82) is 0 Å². The minimum absolute atomic E-state index is 0.0498. The number of aromatic nitrogens is 2. The first-order chi connectivity index (χ1) is 10.8. The number of carbonyl (C=O) groups is 1. The van der Waals surface area contributed by atoms with Crippen LogP contribution in [0, 0.1) is 0 Å². The highest BCUT2D eigenvalue weighted by atomic mass is 32.2. The highest BCUT2D eigenvalue weighted by molar-refractivity contribution is 8.01. The van der Waals surface area contributed by atoms with Gasteiger partial charge in [-0.3, -0.25) is 9.48 Å². The molecule has 1 aromatic carbocycles. The molecule has 22 heavy (non-hydrogen) atoms. The monoisotopic (exact) mass is 313 g/mol. The fraction of sp³-hybridized carbons (Fsp3) is 0.412. The van der Waals surface area contributed by atoms with Crippen molar-refractivity contribution in [2.24, 2.45) is 0 Å². The largest absolute Gasteiger partial charge is 0.340 e. The zero-order valence-corrected chi connectivity index (χ0v) is 13.2. The Morgan fingerprint density at radius 3 is 3.00 bits per heavy atom. The van der Waals surface area contributed by atoms with Crippen LogP contribution >= 0.6 is 11.8 Å². The van der Waals surface area contributed by atoms with E-state index >= 15 is 0 Å². The van der Waals surface area contributed by atoms with Gasteiger partial charge >= 0.3 is 0 Å². The molecular weight excluding hydrogens is 294 g/mol. The number of piperidine rings is 1. The molecule has 3 heterocycles. The number of benzene rings is 1. The first kappa shape index (κ1) is 13.9. The summed E-state index contributed by atoms with van der Waals surface area (Å²) in [7, 11) is 0. The Kier molecular flexibility index (Phi) is 3.66. The van der Waals surface area contributed by atoms with Crippen molar-refractivity contribution in [3.63, 3.8) is 0 Å². The van der Waals surface area contributed by atoms with Gasteiger partial charge in [-0.1, -0.05) is 18.2 Å². The summed E-state index contributed by atoms with van der Waals surface area (Å²) in [5, 5.41) is 4.39. The molecular formula is C17H19N3OS. The number of carbonyl (C=O) groups excluding carboxylic acids is 1. The third-order valence-electron chi connectivity index (χ3n) is 4.53. The molecule has 0 aliphatic carbocycles. The summed E-state index contributed by atoms with van der Waals surface area (Å²) < 4.78 is 2.00. The van der Waals surface area contributed by atoms with Crippen LogP contribution in [0.15, 0.2) is 47.6 Å². The number of fused-ring (bicyclic) bond motifs is 1. The molecule has 0 radical (unpaired) electrons. The second kappa shape index (κ2) is 5.80. The Morgan fingerprint density at radius 2 is 2.18 bits per heavy atom. The van der Waals surface area contributed by atoms with Crippen molar-refractivity contribution < 1.29 is 4.79 Å². The molecule has 1 aromatic heterocycles. The zero-order chi connectivity index (χ0) is 14.9. The maximum Gasteiger partial charge on any atom is 0.236 e. The predicted octanol–water partition coefficient (Wildman–Crippen LogP) is 2.76. The van der Waals surface area contributed by atoms with Crippen LogP contribution in [0.5, 0.6) is 0 Å². The number of hydrogen-bond donors (Lipinski definition) is 0. The van der Waals surface area contributed by atoms with E-state index in [1.165, 1.54) is 10.5 Å². The van der Waals surface area contributed by atoms with Gasteiger partial charge in [-0.05, 0) is 37.0 Å². The number of amides is 1. The Hall–Kier alpha value is -1.75. The van der Waals surface area contributed by atoms with Crippen LogP contribution in [0.1, 0.15) is 24.4 Å². The Bertz CT molecular complexity index is 645. The molecule has 2 aliphatic rings. The number of likely N-dealkylation sites (tertiary alicyclic amines) is 1. The number of hydrogen-bond acceptors (Lipinski definition) is 3. The van der Waals surface area contributed by atoms with E-state index in [1.807, 2.05) is 34.1 Å². The fourth-order valence-electron chi connectivity index (χ4n) is 3.39. The third kappa shape index (κ3) is 2.54. The molecule has 4 rings (SSSR count). The van der Waals surface area contributed by atoms with Crippen molar-refractivity contribution in [3.05, 3.63) is 48.3 Å². The van der Waals surface area contributed by atoms with E-state index in [1.54, 1.807) is 11.8 Å². The first-order valence-electron chi connectivity index (χ1n) is 7.84. The van der Waals surface area contributed by atoms with E-state index < -0.39 is 0 Å². The summed E-state index contributed by atoms with van der Waals surface area (Å²) >= 11 is 1.72. The molecule has 0 spiro atoms. The average Bonchev–Trinajstić information content (AvgIpc) is 3.23. The molecule has 0 N–H and O–H groups in total. The SMILES string of the molecule is O=C([C@@H]1Cc2ccccc2S1)N1CCC[C@@H](n2cccn2)C1. The maximum absolute atomic E-state index is 12.9. The van der Waals surface area contributed by atoms with Gasteiger partial charge < -0.3 is 4.90 Å². The summed E-state index contributed by atoms with van der Waals surface area (Å²) in [6.45, 7) is 1.66. The Morgan fingerprint density at radius 1 is 1.27 bits per heavy atom. The van der Waals surface area contributed by atoms with Crippen molar-refractivity contribution in [2.75, 3.05) is 13.1 Å². The summed E-state index contributed by atoms with van der Waals surface area (Å²) in [5.41, 5.74) is 1.31. The number of nitrogens with zero attached hydrogens (tertiary/aromatic N) is 3. The molecule has 1 fully saturated rings. The standard InChI is InChI=1S/C17H19N3OS/c21-17(16-11-13-5-1-2-7-15(13)22-16)19-9-3-6-14(12-19)20-10-4-8-18-20/h1-2,4-5,7-8,10,14,16H,3,6,9,11-12H2/t14-,16+/m1/s1. The zero-order valence-electron chi connectivity index (χ0n) is 12.4. The normalized spacial score (nSPS) is 24.3. The van der Waals surface area contributed by atoms with Crippen LogP contribution in [0.25, 0.3) is 0 Å². The van der Waals surface area contributed by atoms with Crippen molar-refractivity contribution in [3.8, 4) is 0 Å². The van der Waals surface area contributed by atoms with Crippen molar-refractivity contribution in [1.82, 2.24) is 14.7 Å².